The highest BCUT2D eigenvalue weighted by Gasteiger charge is 2.33. The van der Waals surface area contributed by atoms with Gasteiger partial charge in [0.25, 0.3) is 5.91 Å². The first-order chi connectivity index (χ1) is 20.9. The predicted molar refractivity (Wildman–Crippen MR) is 160 cm³/mol. The number of hydrogen-bond donors (Lipinski definition) is 2. The van der Waals surface area contributed by atoms with Gasteiger partial charge in [-0.05, 0) is 81.5 Å². The van der Waals surface area contributed by atoms with Gasteiger partial charge in [-0.2, -0.15) is 13.2 Å². The molecule has 2 N–H and O–H groups in total. The molecule has 0 radical (unpaired) electrons. The molecule has 1 aliphatic rings. The summed E-state index contributed by atoms with van der Waals surface area (Å²) in [5.74, 6) is -1.11. The molecule has 3 heterocycles. The quantitative estimate of drug-likeness (QED) is 0.227. The van der Waals surface area contributed by atoms with Crippen LogP contribution in [0.5, 0.6) is 11.6 Å². The van der Waals surface area contributed by atoms with E-state index in [4.69, 9.17) is 4.74 Å². The van der Waals surface area contributed by atoms with Crippen molar-refractivity contribution >= 4 is 23.2 Å². The summed E-state index contributed by atoms with van der Waals surface area (Å²) in [6.45, 7) is 2.75. The van der Waals surface area contributed by atoms with Crippen molar-refractivity contribution in [3.05, 3.63) is 83.4 Å². The lowest BCUT2D eigenvalue weighted by molar-refractivity contribution is -0.137. The Morgan fingerprint density at radius 3 is 2.59 bits per heavy atom. The standard InChI is InChI=1S/C31H31F4N7O2/c1-18-14-23(32)22(16-27(18)44-29-21(6-5-11-37-29)24-9-12-38-30(36-2)40-24)28(43)39-25-15-19(31(33,34)35)7-8-26(25)42-13-10-20(17-42)41(3)4/h5-9,11-12,14-16,20H,10,13,17H2,1-4H3,(H,39,43)(H,36,38,40)/t20-/m1/s1. The van der Waals surface area contributed by atoms with E-state index in [9.17, 15) is 18.0 Å². The number of carbonyl (C=O) groups is 1. The molecule has 1 fully saturated rings. The van der Waals surface area contributed by atoms with E-state index < -0.39 is 29.0 Å². The van der Waals surface area contributed by atoms with E-state index in [1.54, 1.807) is 38.4 Å². The lowest BCUT2D eigenvalue weighted by Crippen LogP contribution is -2.32. The summed E-state index contributed by atoms with van der Waals surface area (Å²) in [5, 5.41) is 5.40. The highest BCUT2D eigenvalue weighted by Crippen LogP contribution is 2.38. The predicted octanol–water partition coefficient (Wildman–Crippen LogP) is 6.23. The maximum absolute atomic E-state index is 15.2. The zero-order chi connectivity index (χ0) is 31.6. The largest absolute Gasteiger partial charge is 0.438 e. The van der Waals surface area contributed by atoms with Crippen molar-refractivity contribution in [2.75, 3.05) is 49.8 Å². The second-order valence-corrected chi connectivity index (χ2v) is 10.6. The van der Waals surface area contributed by atoms with Crippen molar-refractivity contribution in [1.82, 2.24) is 19.9 Å². The Bertz CT molecular complexity index is 1680. The minimum absolute atomic E-state index is 0.0669. The molecular formula is C31H31F4N7O2. The zero-order valence-electron chi connectivity index (χ0n) is 24.5. The van der Waals surface area contributed by atoms with E-state index in [1.807, 2.05) is 23.9 Å². The Kier molecular flexibility index (Phi) is 8.68. The molecule has 1 aliphatic heterocycles. The van der Waals surface area contributed by atoms with Gasteiger partial charge in [0, 0.05) is 38.6 Å². The molecule has 2 aromatic heterocycles. The number of likely N-dealkylation sites (N-methyl/N-ethyl adjacent to an activating group) is 1. The van der Waals surface area contributed by atoms with Gasteiger partial charge in [-0.3, -0.25) is 4.79 Å². The molecule has 1 saturated heterocycles. The molecular weight excluding hydrogens is 578 g/mol. The number of aromatic nitrogens is 3. The van der Waals surface area contributed by atoms with Crippen LogP contribution in [0.1, 0.15) is 27.9 Å². The Labute approximate surface area is 251 Å². The molecule has 1 amide bonds. The molecule has 2 aromatic carbocycles. The molecule has 44 heavy (non-hydrogen) atoms. The number of hydrogen-bond acceptors (Lipinski definition) is 8. The van der Waals surface area contributed by atoms with Gasteiger partial charge in [-0.15, -0.1) is 0 Å². The number of alkyl halides is 3. The average molecular weight is 610 g/mol. The monoisotopic (exact) mass is 609 g/mol. The van der Waals surface area contributed by atoms with Crippen molar-refractivity contribution in [1.29, 1.82) is 0 Å². The van der Waals surface area contributed by atoms with Gasteiger partial charge in [0.05, 0.1) is 33.8 Å². The Balaban J connectivity index is 1.47. The van der Waals surface area contributed by atoms with Crippen LogP contribution < -0.4 is 20.3 Å². The van der Waals surface area contributed by atoms with Crippen LogP contribution in [0.4, 0.5) is 34.9 Å². The minimum atomic E-state index is -4.64. The summed E-state index contributed by atoms with van der Waals surface area (Å²) in [6, 6.07) is 10.8. The third-order valence-electron chi connectivity index (χ3n) is 7.45. The number of pyridine rings is 1. The first kappa shape index (κ1) is 30.7. The van der Waals surface area contributed by atoms with Crippen molar-refractivity contribution in [3.63, 3.8) is 0 Å². The van der Waals surface area contributed by atoms with E-state index >= 15 is 4.39 Å². The van der Waals surface area contributed by atoms with Gasteiger partial charge < -0.3 is 25.2 Å². The molecule has 0 saturated carbocycles. The van der Waals surface area contributed by atoms with Gasteiger partial charge in [-0.1, -0.05) is 0 Å². The third-order valence-corrected chi connectivity index (χ3v) is 7.45. The lowest BCUT2D eigenvalue weighted by Gasteiger charge is -2.25. The highest BCUT2D eigenvalue weighted by atomic mass is 19.4. The van der Waals surface area contributed by atoms with Gasteiger partial charge in [0.1, 0.15) is 11.6 Å². The van der Waals surface area contributed by atoms with Crippen LogP contribution in [-0.4, -0.2) is 66.0 Å². The molecule has 1 atom stereocenters. The van der Waals surface area contributed by atoms with Crippen molar-refractivity contribution < 1.29 is 27.1 Å². The topological polar surface area (TPSA) is 95.5 Å². The van der Waals surface area contributed by atoms with Crippen LogP contribution in [0.25, 0.3) is 11.3 Å². The van der Waals surface area contributed by atoms with Gasteiger partial charge in [-0.25, -0.2) is 19.3 Å². The highest BCUT2D eigenvalue weighted by molar-refractivity contribution is 6.06. The molecule has 0 bridgehead atoms. The fourth-order valence-electron chi connectivity index (χ4n) is 5.00. The van der Waals surface area contributed by atoms with Crippen LogP contribution >= 0.6 is 0 Å². The number of nitrogens with zero attached hydrogens (tertiary/aromatic N) is 5. The molecule has 0 aliphatic carbocycles. The summed E-state index contributed by atoms with van der Waals surface area (Å²) in [5.41, 5.74) is 0.435. The number of carbonyl (C=O) groups excluding carboxylic acids is 1. The summed E-state index contributed by atoms with van der Waals surface area (Å²) in [4.78, 5) is 30.2. The van der Waals surface area contributed by atoms with Crippen LogP contribution in [-0.2, 0) is 6.18 Å². The van der Waals surface area contributed by atoms with Crippen molar-refractivity contribution in [2.45, 2.75) is 25.6 Å². The van der Waals surface area contributed by atoms with Gasteiger partial charge >= 0.3 is 6.18 Å². The Morgan fingerprint density at radius 1 is 1.09 bits per heavy atom. The molecule has 5 rings (SSSR count). The number of rotatable bonds is 8. The molecule has 4 aromatic rings. The maximum atomic E-state index is 15.2. The lowest BCUT2D eigenvalue weighted by atomic mass is 10.1. The fourth-order valence-corrected chi connectivity index (χ4v) is 5.00. The number of benzene rings is 2. The van der Waals surface area contributed by atoms with Crippen LogP contribution in [0, 0.1) is 12.7 Å². The first-order valence-electron chi connectivity index (χ1n) is 13.8. The molecule has 13 heteroatoms. The van der Waals surface area contributed by atoms with Crippen molar-refractivity contribution in [2.24, 2.45) is 0 Å². The summed E-state index contributed by atoms with van der Waals surface area (Å²) >= 11 is 0. The number of aryl methyl sites for hydroxylation is 1. The van der Waals surface area contributed by atoms with E-state index in [1.165, 1.54) is 18.3 Å². The summed E-state index contributed by atoms with van der Waals surface area (Å²) < 4.78 is 62.2. The Morgan fingerprint density at radius 2 is 1.89 bits per heavy atom. The number of halogens is 4. The average Bonchev–Trinajstić information content (AvgIpc) is 3.49. The molecule has 0 unspecified atom stereocenters. The summed E-state index contributed by atoms with van der Waals surface area (Å²) in [6.07, 6.45) is -0.750. The van der Waals surface area contributed by atoms with Gasteiger partial charge in [0.2, 0.25) is 11.8 Å². The SMILES string of the molecule is CNc1nccc(-c2cccnc2Oc2cc(C(=O)Nc3cc(C(F)(F)F)ccc3N3CC[C@@H](N(C)C)C3)c(F)cc2C)n1. The number of amides is 1. The van der Waals surface area contributed by atoms with E-state index in [2.05, 4.69) is 25.6 Å². The fraction of sp³-hybridized carbons (Fsp3) is 0.290. The smallest absolute Gasteiger partial charge is 0.416 e. The first-order valence-corrected chi connectivity index (χ1v) is 13.8. The molecule has 0 spiro atoms. The van der Waals surface area contributed by atoms with Crippen LogP contribution in [0.2, 0.25) is 0 Å². The third kappa shape index (κ3) is 6.57. The molecule has 230 valence electrons. The van der Waals surface area contributed by atoms with Gasteiger partial charge in [0.15, 0.2) is 0 Å². The van der Waals surface area contributed by atoms with Crippen LogP contribution in [0.3, 0.4) is 0 Å². The van der Waals surface area contributed by atoms with Crippen molar-refractivity contribution in [3.8, 4) is 22.9 Å². The second-order valence-electron chi connectivity index (χ2n) is 10.6. The molecule has 9 nitrogen and oxygen atoms in total. The number of nitrogens with one attached hydrogen (secondary N) is 2. The van der Waals surface area contributed by atoms with Crippen LogP contribution in [0.15, 0.2) is 60.9 Å². The van der Waals surface area contributed by atoms with E-state index in [0.717, 1.165) is 24.6 Å². The second kappa shape index (κ2) is 12.4. The summed E-state index contributed by atoms with van der Waals surface area (Å²) in [7, 11) is 5.55. The Hall–Kier alpha value is -4.78. The zero-order valence-corrected chi connectivity index (χ0v) is 24.5. The maximum Gasteiger partial charge on any atom is 0.416 e. The number of ether oxygens (including phenoxy) is 1. The normalized spacial score (nSPS) is 15.0. The van der Waals surface area contributed by atoms with E-state index in [0.29, 0.717) is 41.5 Å². The number of anilines is 3. The minimum Gasteiger partial charge on any atom is -0.438 e. The van der Waals surface area contributed by atoms with E-state index in [-0.39, 0.29) is 23.4 Å².